The minimum Gasteiger partial charge on any atom is -0.465 e. The van der Waals surface area contributed by atoms with E-state index < -0.39 is 5.41 Å². The number of nitrogens with zero attached hydrogens (tertiary/aromatic N) is 1. The third-order valence-corrected chi connectivity index (χ3v) is 4.26. The number of halogens is 1. The molecule has 0 saturated heterocycles. The highest BCUT2D eigenvalue weighted by molar-refractivity contribution is 9.10. The number of carbonyl (C=O) groups is 1. The van der Waals surface area contributed by atoms with E-state index in [1.807, 2.05) is 39.0 Å². The number of hydrogen-bond acceptors (Lipinski definition) is 3. The van der Waals surface area contributed by atoms with Crippen LogP contribution < -0.4 is 0 Å². The molecule has 0 bridgehead atoms. The number of benzene rings is 1. The summed E-state index contributed by atoms with van der Waals surface area (Å²) in [6.07, 6.45) is 1.31. The second-order valence-corrected chi connectivity index (χ2v) is 5.67. The average Bonchev–Trinajstić information content (AvgIpc) is 2.84. The number of rotatable bonds is 5. The highest BCUT2D eigenvalue weighted by atomic mass is 79.9. The molecule has 0 saturated carbocycles. The van der Waals surface area contributed by atoms with Crippen LogP contribution in [0.2, 0.25) is 0 Å². The summed E-state index contributed by atoms with van der Waals surface area (Å²) in [6.45, 7) is 6.18. The van der Waals surface area contributed by atoms with E-state index in [9.17, 15) is 4.79 Å². The predicted molar refractivity (Wildman–Crippen MR) is 82.7 cm³/mol. The maximum Gasteiger partial charge on any atom is 0.319 e. The van der Waals surface area contributed by atoms with Crippen LogP contribution in [0.3, 0.4) is 0 Å². The molecule has 108 valence electrons. The van der Waals surface area contributed by atoms with Crippen molar-refractivity contribution in [2.24, 2.45) is 0 Å². The molecule has 1 heterocycles. The standard InChI is InChI=1S/C15H19BrN2O2/c1-4-15(5-2,14(19)20-6-3)13-17-11-8-7-10(16)9-12(11)18-13/h7-9H,4-6H2,1-3H3,(H,17,18). The van der Waals surface area contributed by atoms with Crippen LogP contribution in [-0.4, -0.2) is 22.5 Å². The molecule has 0 unspecified atom stereocenters. The molecule has 0 spiro atoms. The largest absolute Gasteiger partial charge is 0.465 e. The summed E-state index contributed by atoms with van der Waals surface area (Å²) < 4.78 is 6.24. The molecule has 1 aromatic heterocycles. The summed E-state index contributed by atoms with van der Waals surface area (Å²) in [5.41, 5.74) is 1.09. The van der Waals surface area contributed by atoms with Gasteiger partial charge in [-0.25, -0.2) is 4.98 Å². The van der Waals surface area contributed by atoms with Crippen LogP contribution >= 0.6 is 15.9 Å². The summed E-state index contributed by atoms with van der Waals surface area (Å²) in [4.78, 5) is 20.3. The number of esters is 1. The van der Waals surface area contributed by atoms with Gasteiger partial charge >= 0.3 is 5.97 Å². The molecule has 0 radical (unpaired) electrons. The van der Waals surface area contributed by atoms with Crippen LogP contribution in [0, 0.1) is 0 Å². The van der Waals surface area contributed by atoms with Crippen molar-refractivity contribution in [3.8, 4) is 0 Å². The monoisotopic (exact) mass is 338 g/mol. The summed E-state index contributed by atoms with van der Waals surface area (Å²) in [5, 5.41) is 0. The lowest BCUT2D eigenvalue weighted by Gasteiger charge is -2.26. The molecule has 0 aliphatic carbocycles. The molecule has 0 atom stereocenters. The lowest BCUT2D eigenvalue weighted by molar-refractivity contribution is -0.150. The van der Waals surface area contributed by atoms with Crippen molar-refractivity contribution < 1.29 is 9.53 Å². The Hall–Kier alpha value is -1.36. The first-order valence-corrected chi connectivity index (χ1v) is 7.69. The highest BCUT2D eigenvalue weighted by Crippen LogP contribution is 2.33. The minimum atomic E-state index is -0.693. The van der Waals surface area contributed by atoms with Gasteiger partial charge in [-0.1, -0.05) is 29.8 Å². The number of hydrogen-bond donors (Lipinski definition) is 1. The summed E-state index contributed by atoms with van der Waals surface area (Å²) in [6, 6.07) is 5.84. The first kappa shape index (κ1) is 15.0. The predicted octanol–water partition coefficient (Wildman–Crippen LogP) is 3.95. The van der Waals surface area contributed by atoms with Crippen molar-refractivity contribution in [1.29, 1.82) is 0 Å². The maximum absolute atomic E-state index is 12.4. The first-order chi connectivity index (χ1) is 9.57. The van der Waals surface area contributed by atoms with Crippen molar-refractivity contribution in [3.63, 3.8) is 0 Å². The molecular weight excluding hydrogens is 320 g/mol. The molecule has 1 aromatic carbocycles. The quantitative estimate of drug-likeness (QED) is 0.840. The van der Waals surface area contributed by atoms with E-state index in [4.69, 9.17) is 4.74 Å². The molecule has 5 heteroatoms. The summed E-state index contributed by atoms with van der Waals surface area (Å²) >= 11 is 3.44. The number of imidazole rings is 1. The van der Waals surface area contributed by atoms with Gasteiger partial charge in [0.25, 0.3) is 0 Å². The van der Waals surface area contributed by atoms with Crippen LogP contribution in [0.25, 0.3) is 11.0 Å². The van der Waals surface area contributed by atoms with Gasteiger partial charge in [0.05, 0.1) is 17.6 Å². The van der Waals surface area contributed by atoms with Crippen molar-refractivity contribution in [2.75, 3.05) is 6.61 Å². The molecule has 4 nitrogen and oxygen atoms in total. The Morgan fingerprint density at radius 1 is 1.35 bits per heavy atom. The van der Waals surface area contributed by atoms with Crippen molar-refractivity contribution in [3.05, 3.63) is 28.5 Å². The molecule has 0 fully saturated rings. The van der Waals surface area contributed by atoms with Gasteiger partial charge in [-0.2, -0.15) is 0 Å². The Morgan fingerprint density at radius 2 is 2.05 bits per heavy atom. The summed E-state index contributed by atoms with van der Waals surface area (Å²) in [7, 11) is 0. The fourth-order valence-electron chi connectivity index (χ4n) is 2.45. The van der Waals surface area contributed by atoms with Gasteiger partial charge in [0.15, 0.2) is 0 Å². The number of nitrogens with one attached hydrogen (secondary N) is 1. The van der Waals surface area contributed by atoms with Gasteiger partial charge in [0.2, 0.25) is 0 Å². The van der Waals surface area contributed by atoms with Crippen molar-refractivity contribution in [2.45, 2.75) is 39.0 Å². The van der Waals surface area contributed by atoms with Crippen molar-refractivity contribution >= 4 is 32.9 Å². The minimum absolute atomic E-state index is 0.205. The third kappa shape index (κ3) is 2.46. The Bertz CT molecular complexity index is 617. The fraction of sp³-hybridized carbons (Fsp3) is 0.467. The van der Waals surface area contributed by atoms with Gasteiger partial charge in [-0.3, -0.25) is 4.79 Å². The number of aromatic nitrogens is 2. The molecule has 0 aliphatic rings. The van der Waals surface area contributed by atoms with E-state index >= 15 is 0 Å². The first-order valence-electron chi connectivity index (χ1n) is 6.90. The maximum atomic E-state index is 12.4. The van der Waals surface area contributed by atoms with E-state index in [1.54, 1.807) is 0 Å². The Kier molecular flexibility index (Phi) is 4.48. The molecule has 20 heavy (non-hydrogen) atoms. The SMILES string of the molecule is CCOC(=O)C(CC)(CC)c1nc2ccc(Br)cc2[nH]1. The Labute approximate surface area is 127 Å². The molecular formula is C15H19BrN2O2. The average molecular weight is 339 g/mol. The Morgan fingerprint density at radius 3 is 2.65 bits per heavy atom. The highest BCUT2D eigenvalue weighted by Gasteiger charge is 2.41. The van der Waals surface area contributed by atoms with E-state index in [0.717, 1.165) is 15.5 Å². The van der Waals surface area contributed by atoms with E-state index in [2.05, 4.69) is 25.9 Å². The van der Waals surface area contributed by atoms with Gasteiger partial charge in [0.1, 0.15) is 11.2 Å². The van der Waals surface area contributed by atoms with E-state index in [-0.39, 0.29) is 5.97 Å². The van der Waals surface area contributed by atoms with E-state index in [0.29, 0.717) is 25.3 Å². The van der Waals surface area contributed by atoms with Gasteiger partial charge < -0.3 is 9.72 Å². The number of carbonyl (C=O) groups excluding carboxylic acids is 1. The molecule has 0 aliphatic heterocycles. The van der Waals surface area contributed by atoms with Gasteiger partial charge in [-0.05, 0) is 38.0 Å². The number of ether oxygens (including phenoxy) is 1. The van der Waals surface area contributed by atoms with Crippen LogP contribution in [0.1, 0.15) is 39.4 Å². The Balaban J connectivity index is 2.53. The lowest BCUT2D eigenvalue weighted by Crippen LogP contribution is -2.37. The molecule has 2 rings (SSSR count). The zero-order valence-electron chi connectivity index (χ0n) is 12.0. The van der Waals surface area contributed by atoms with E-state index in [1.165, 1.54) is 0 Å². The molecule has 1 N–H and O–H groups in total. The van der Waals surface area contributed by atoms with Crippen LogP contribution in [-0.2, 0) is 14.9 Å². The zero-order chi connectivity index (χ0) is 14.8. The van der Waals surface area contributed by atoms with Crippen LogP contribution in [0.4, 0.5) is 0 Å². The summed E-state index contributed by atoms with van der Waals surface area (Å²) in [5.74, 6) is 0.483. The number of aromatic amines is 1. The van der Waals surface area contributed by atoms with Crippen LogP contribution in [0.5, 0.6) is 0 Å². The normalized spacial score (nSPS) is 11.8. The van der Waals surface area contributed by atoms with Gasteiger partial charge in [-0.15, -0.1) is 0 Å². The second-order valence-electron chi connectivity index (χ2n) is 4.76. The zero-order valence-corrected chi connectivity index (χ0v) is 13.6. The third-order valence-electron chi connectivity index (χ3n) is 3.77. The second kappa shape index (κ2) is 5.95. The fourth-order valence-corrected chi connectivity index (χ4v) is 2.81. The van der Waals surface area contributed by atoms with Gasteiger partial charge in [0, 0.05) is 4.47 Å². The molecule has 2 aromatic rings. The lowest BCUT2D eigenvalue weighted by atomic mass is 9.81. The van der Waals surface area contributed by atoms with Crippen LogP contribution in [0.15, 0.2) is 22.7 Å². The molecule has 0 amide bonds. The van der Waals surface area contributed by atoms with Crippen molar-refractivity contribution in [1.82, 2.24) is 9.97 Å². The number of H-pyrrole nitrogens is 1. The topological polar surface area (TPSA) is 55.0 Å². The number of fused-ring (bicyclic) bond motifs is 1. The smallest absolute Gasteiger partial charge is 0.319 e.